The van der Waals surface area contributed by atoms with Crippen LogP contribution >= 0.6 is 0 Å². The van der Waals surface area contributed by atoms with Crippen LogP contribution in [0.3, 0.4) is 0 Å². The smallest absolute Gasteiger partial charge is 0.0693 e. The van der Waals surface area contributed by atoms with Crippen molar-refractivity contribution in [3.63, 3.8) is 0 Å². The largest absolute Gasteiger partial charge is 0.394 e. The fourth-order valence-corrected chi connectivity index (χ4v) is 2.14. The van der Waals surface area contributed by atoms with Gasteiger partial charge in [0.05, 0.1) is 24.9 Å². The molecule has 0 unspecified atom stereocenters. The van der Waals surface area contributed by atoms with E-state index < -0.39 is 5.54 Å². The first-order valence-corrected chi connectivity index (χ1v) is 5.85. The van der Waals surface area contributed by atoms with Crippen LogP contribution in [0.25, 0.3) is 0 Å². The van der Waals surface area contributed by atoms with Crippen molar-refractivity contribution in [3.8, 4) is 0 Å². The average molecular weight is 217 g/mol. The van der Waals surface area contributed by atoms with Gasteiger partial charge >= 0.3 is 0 Å². The van der Waals surface area contributed by atoms with Crippen LogP contribution in [0.1, 0.15) is 39.0 Å². The summed E-state index contributed by atoms with van der Waals surface area (Å²) in [6, 6.07) is 0.0120. The summed E-state index contributed by atoms with van der Waals surface area (Å²) < 4.78 is 0. The second-order valence-electron chi connectivity index (χ2n) is 4.55. The van der Waals surface area contributed by atoms with Gasteiger partial charge in [-0.3, -0.25) is 0 Å². The van der Waals surface area contributed by atoms with Crippen molar-refractivity contribution in [2.45, 2.75) is 56.7 Å². The van der Waals surface area contributed by atoms with E-state index >= 15 is 0 Å². The molecule has 0 aromatic carbocycles. The molecule has 4 N–H and O–H groups in total. The summed E-state index contributed by atoms with van der Waals surface area (Å²) in [6.45, 7) is 1.74. The highest BCUT2D eigenvalue weighted by molar-refractivity contribution is 4.92. The molecule has 0 saturated heterocycles. The zero-order chi connectivity index (χ0) is 11.3. The fraction of sp³-hybridized carbons (Fsp3) is 1.00. The van der Waals surface area contributed by atoms with Crippen molar-refractivity contribution in [2.75, 3.05) is 13.2 Å². The number of hydrogen-bond acceptors (Lipinski definition) is 4. The highest BCUT2D eigenvalue weighted by Gasteiger charge is 2.33. The Balaban J connectivity index is 2.56. The molecule has 1 aliphatic carbocycles. The normalized spacial score (nSPS) is 28.0. The summed E-state index contributed by atoms with van der Waals surface area (Å²) in [4.78, 5) is 0. The van der Waals surface area contributed by atoms with Gasteiger partial charge in [0.1, 0.15) is 0 Å². The van der Waals surface area contributed by atoms with Crippen LogP contribution in [0.4, 0.5) is 0 Å². The van der Waals surface area contributed by atoms with Gasteiger partial charge in [-0.05, 0) is 19.3 Å². The third-order valence-electron chi connectivity index (χ3n) is 3.50. The molecular weight excluding hydrogens is 194 g/mol. The average Bonchev–Trinajstić information content (AvgIpc) is 2.29. The molecule has 0 aliphatic heterocycles. The van der Waals surface area contributed by atoms with Gasteiger partial charge in [-0.1, -0.05) is 19.8 Å². The molecule has 0 spiro atoms. The van der Waals surface area contributed by atoms with E-state index in [0.717, 1.165) is 25.7 Å². The molecule has 0 aromatic heterocycles. The summed E-state index contributed by atoms with van der Waals surface area (Å²) in [5, 5.41) is 31.6. The monoisotopic (exact) mass is 217 g/mol. The number of hydrogen-bond donors (Lipinski definition) is 4. The van der Waals surface area contributed by atoms with Gasteiger partial charge in [0, 0.05) is 6.04 Å². The molecule has 0 amide bonds. The van der Waals surface area contributed by atoms with Crippen LogP contribution in [0.2, 0.25) is 0 Å². The highest BCUT2D eigenvalue weighted by atomic mass is 16.3. The first kappa shape index (κ1) is 12.9. The van der Waals surface area contributed by atoms with Crippen molar-refractivity contribution in [1.82, 2.24) is 5.32 Å². The van der Waals surface area contributed by atoms with E-state index in [-0.39, 0.29) is 25.4 Å². The molecule has 90 valence electrons. The van der Waals surface area contributed by atoms with Gasteiger partial charge in [-0.2, -0.15) is 0 Å². The number of rotatable bonds is 5. The second-order valence-corrected chi connectivity index (χ2v) is 4.55. The summed E-state index contributed by atoms with van der Waals surface area (Å²) in [5.41, 5.74) is -0.636. The molecule has 1 rings (SSSR count). The standard InChI is InChI=1S/C11H23NO3/c1-2-11(7-13,8-14)12-9-5-3-4-6-10(9)15/h9-10,12-15H,2-8H2,1H3/t9-,10-/m1/s1. The summed E-state index contributed by atoms with van der Waals surface area (Å²) >= 11 is 0. The lowest BCUT2D eigenvalue weighted by Gasteiger charge is -2.38. The molecule has 4 heteroatoms. The Morgan fingerprint density at radius 3 is 2.27 bits per heavy atom. The van der Waals surface area contributed by atoms with E-state index in [9.17, 15) is 15.3 Å². The quantitative estimate of drug-likeness (QED) is 0.523. The van der Waals surface area contributed by atoms with Gasteiger partial charge in [-0.15, -0.1) is 0 Å². The molecule has 1 aliphatic rings. The Morgan fingerprint density at radius 2 is 1.80 bits per heavy atom. The summed E-state index contributed by atoms with van der Waals surface area (Å²) in [7, 11) is 0. The van der Waals surface area contributed by atoms with Gasteiger partial charge in [0.25, 0.3) is 0 Å². The number of nitrogens with one attached hydrogen (secondary N) is 1. The zero-order valence-corrected chi connectivity index (χ0v) is 9.45. The van der Waals surface area contributed by atoms with Gasteiger partial charge in [0.15, 0.2) is 0 Å². The van der Waals surface area contributed by atoms with E-state index in [4.69, 9.17) is 0 Å². The lowest BCUT2D eigenvalue weighted by molar-refractivity contribution is 0.0294. The summed E-state index contributed by atoms with van der Waals surface area (Å²) in [5.74, 6) is 0. The SMILES string of the molecule is CCC(CO)(CO)N[C@@H]1CCCC[C@H]1O. The fourth-order valence-electron chi connectivity index (χ4n) is 2.14. The van der Waals surface area contributed by atoms with Gasteiger partial charge < -0.3 is 20.6 Å². The Hall–Kier alpha value is -0.160. The Bertz CT molecular complexity index is 174. The number of aliphatic hydroxyl groups is 3. The van der Waals surface area contributed by atoms with Crippen molar-refractivity contribution in [3.05, 3.63) is 0 Å². The van der Waals surface area contributed by atoms with Crippen molar-refractivity contribution >= 4 is 0 Å². The molecule has 0 aromatic rings. The predicted octanol–water partition coefficient (Wildman–Crippen LogP) is 0.0129. The van der Waals surface area contributed by atoms with E-state index in [1.54, 1.807) is 0 Å². The minimum Gasteiger partial charge on any atom is -0.394 e. The van der Waals surface area contributed by atoms with Crippen LogP contribution in [0.5, 0.6) is 0 Å². The van der Waals surface area contributed by atoms with Crippen LogP contribution < -0.4 is 5.32 Å². The van der Waals surface area contributed by atoms with E-state index in [1.807, 2.05) is 6.92 Å². The molecule has 0 radical (unpaired) electrons. The predicted molar refractivity (Wildman–Crippen MR) is 58.6 cm³/mol. The highest BCUT2D eigenvalue weighted by Crippen LogP contribution is 2.21. The lowest BCUT2D eigenvalue weighted by atomic mass is 9.88. The minimum absolute atomic E-state index is 0.0120. The van der Waals surface area contributed by atoms with E-state index in [0.29, 0.717) is 6.42 Å². The van der Waals surface area contributed by atoms with Crippen LogP contribution in [0.15, 0.2) is 0 Å². The van der Waals surface area contributed by atoms with Gasteiger partial charge in [-0.25, -0.2) is 0 Å². The Morgan fingerprint density at radius 1 is 1.20 bits per heavy atom. The lowest BCUT2D eigenvalue weighted by Crippen LogP contribution is -2.59. The van der Waals surface area contributed by atoms with E-state index in [2.05, 4.69) is 5.32 Å². The minimum atomic E-state index is -0.636. The Labute approximate surface area is 91.3 Å². The molecule has 0 bridgehead atoms. The summed E-state index contributed by atoms with van der Waals surface area (Å²) in [6.07, 6.45) is 4.21. The first-order chi connectivity index (χ1) is 7.17. The molecular formula is C11H23NO3. The third-order valence-corrected chi connectivity index (χ3v) is 3.50. The topological polar surface area (TPSA) is 72.7 Å². The maximum Gasteiger partial charge on any atom is 0.0693 e. The molecule has 1 saturated carbocycles. The van der Waals surface area contributed by atoms with Crippen molar-refractivity contribution < 1.29 is 15.3 Å². The number of aliphatic hydroxyl groups excluding tert-OH is 3. The third kappa shape index (κ3) is 3.14. The molecule has 1 fully saturated rings. The van der Waals surface area contributed by atoms with Crippen LogP contribution in [0, 0.1) is 0 Å². The van der Waals surface area contributed by atoms with Gasteiger partial charge in [0.2, 0.25) is 0 Å². The van der Waals surface area contributed by atoms with E-state index in [1.165, 1.54) is 0 Å². The molecule has 2 atom stereocenters. The maximum atomic E-state index is 9.79. The van der Waals surface area contributed by atoms with Crippen LogP contribution in [-0.2, 0) is 0 Å². The van der Waals surface area contributed by atoms with Crippen molar-refractivity contribution in [1.29, 1.82) is 0 Å². The second kappa shape index (κ2) is 5.80. The molecule has 15 heavy (non-hydrogen) atoms. The maximum absolute atomic E-state index is 9.79. The van der Waals surface area contributed by atoms with Crippen molar-refractivity contribution in [2.24, 2.45) is 0 Å². The molecule has 0 heterocycles. The first-order valence-electron chi connectivity index (χ1n) is 5.85. The van der Waals surface area contributed by atoms with Crippen LogP contribution in [-0.4, -0.2) is 46.2 Å². The Kier molecular flexibility index (Phi) is 4.99. The zero-order valence-electron chi connectivity index (χ0n) is 9.45. The molecule has 4 nitrogen and oxygen atoms in total.